The highest BCUT2D eigenvalue weighted by Crippen LogP contribution is 2.11. The molecule has 1 amide bonds. The molecule has 0 aliphatic rings. The molecular formula is C12H16N6O. The van der Waals surface area contributed by atoms with Gasteiger partial charge in [-0.3, -0.25) is 14.5 Å². The molecule has 0 unspecified atom stereocenters. The zero-order valence-corrected chi connectivity index (χ0v) is 11.1. The molecule has 0 saturated heterocycles. The number of amides is 1. The molecule has 0 saturated carbocycles. The topological polar surface area (TPSA) is 84.7 Å². The Hall–Kier alpha value is -2.44. The van der Waals surface area contributed by atoms with Gasteiger partial charge in [0.25, 0.3) is 5.91 Å². The van der Waals surface area contributed by atoms with E-state index in [2.05, 4.69) is 25.7 Å². The smallest absolute Gasteiger partial charge is 0.276 e. The highest BCUT2D eigenvalue weighted by Gasteiger charge is 2.10. The van der Waals surface area contributed by atoms with Gasteiger partial charge in [-0.2, -0.15) is 5.10 Å². The standard InChI is InChI=1S/C12H16N6O/c1-8(2)18-7-9(4-15-18)16-12(19)10-5-14-6-11(13-3)17-10/h4-8H,1-3H3,(H,13,17)(H,16,19). The minimum Gasteiger partial charge on any atom is -0.372 e. The lowest BCUT2D eigenvalue weighted by molar-refractivity contribution is 0.102. The molecule has 2 heterocycles. The SMILES string of the molecule is CNc1cncc(C(=O)Nc2cnn(C(C)C)c2)n1. The Morgan fingerprint density at radius 2 is 2.11 bits per heavy atom. The van der Waals surface area contributed by atoms with E-state index in [9.17, 15) is 4.79 Å². The Morgan fingerprint density at radius 3 is 2.74 bits per heavy atom. The number of aromatic nitrogens is 4. The minimum atomic E-state index is -0.312. The molecule has 0 aliphatic heterocycles. The van der Waals surface area contributed by atoms with Gasteiger partial charge in [0.05, 0.1) is 24.3 Å². The Labute approximate surface area is 111 Å². The molecule has 2 rings (SSSR count). The quantitative estimate of drug-likeness (QED) is 0.871. The molecular weight excluding hydrogens is 244 g/mol. The van der Waals surface area contributed by atoms with Crippen LogP contribution in [0.1, 0.15) is 30.4 Å². The van der Waals surface area contributed by atoms with Gasteiger partial charge in [-0.05, 0) is 13.8 Å². The van der Waals surface area contributed by atoms with Crippen molar-refractivity contribution in [2.45, 2.75) is 19.9 Å². The van der Waals surface area contributed by atoms with Crippen LogP contribution in [0.15, 0.2) is 24.8 Å². The van der Waals surface area contributed by atoms with Crippen LogP contribution in [0, 0.1) is 0 Å². The highest BCUT2D eigenvalue weighted by molar-refractivity contribution is 6.02. The van der Waals surface area contributed by atoms with Crippen molar-refractivity contribution < 1.29 is 4.79 Å². The molecule has 2 aromatic heterocycles. The number of hydrogen-bond donors (Lipinski definition) is 2. The predicted octanol–water partition coefficient (Wildman–Crippen LogP) is 1.55. The summed E-state index contributed by atoms with van der Waals surface area (Å²) in [6.07, 6.45) is 6.35. The molecule has 2 aromatic rings. The van der Waals surface area contributed by atoms with E-state index in [1.807, 2.05) is 13.8 Å². The molecule has 0 spiro atoms. The van der Waals surface area contributed by atoms with Crippen molar-refractivity contribution in [3.8, 4) is 0 Å². The number of nitrogens with one attached hydrogen (secondary N) is 2. The number of rotatable bonds is 4. The van der Waals surface area contributed by atoms with E-state index in [1.54, 1.807) is 30.3 Å². The van der Waals surface area contributed by atoms with Gasteiger partial charge in [-0.15, -0.1) is 0 Å². The zero-order valence-electron chi connectivity index (χ0n) is 11.1. The van der Waals surface area contributed by atoms with Crippen LogP contribution in [0.25, 0.3) is 0 Å². The molecule has 19 heavy (non-hydrogen) atoms. The first kappa shape index (κ1) is 13.0. The van der Waals surface area contributed by atoms with Gasteiger partial charge in [-0.25, -0.2) is 4.98 Å². The van der Waals surface area contributed by atoms with Crippen LogP contribution in [0.5, 0.6) is 0 Å². The Morgan fingerprint density at radius 1 is 1.32 bits per heavy atom. The van der Waals surface area contributed by atoms with Crippen molar-refractivity contribution in [1.29, 1.82) is 0 Å². The van der Waals surface area contributed by atoms with Crippen LogP contribution in [0.3, 0.4) is 0 Å². The molecule has 7 heteroatoms. The van der Waals surface area contributed by atoms with E-state index in [1.165, 1.54) is 6.20 Å². The summed E-state index contributed by atoms with van der Waals surface area (Å²) in [6.45, 7) is 4.03. The second-order valence-electron chi connectivity index (χ2n) is 4.30. The van der Waals surface area contributed by atoms with Crippen molar-refractivity contribution >= 4 is 17.4 Å². The van der Waals surface area contributed by atoms with Gasteiger partial charge in [-0.1, -0.05) is 0 Å². The molecule has 100 valence electrons. The normalized spacial score (nSPS) is 10.5. The van der Waals surface area contributed by atoms with E-state index in [-0.39, 0.29) is 17.6 Å². The van der Waals surface area contributed by atoms with Crippen LogP contribution in [-0.2, 0) is 0 Å². The van der Waals surface area contributed by atoms with Crippen LogP contribution >= 0.6 is 0 Å². The van der Waals surface area contributed by atoms with Gasteiger partial charge in [0, 0.05) is 19.3 Å². The third kappa shape index (κ3) is 3.06. The van der Waals surface area contributed by atoms with Crippen molar-refractivity contribution in [3.05, 3.63) is 30.5 Å². The van der Waals surface area contributed by atoms with Crippen LogP contribution < -0.4 is 10.6 Å². The second kappa shape index (κ2) is 5.47. The number of anilines is 2. The van der Waals surface area contributed by atoms with Crippen molar-refractivity contribution in [3.63, 3.8) is 0 Å². The fourth-order valence-corrected chi connectivity index (χ4v) is 1.48. The second-order valence-corrected chi connectivity index (χ2v) is 4.30. The lowest BCUT2D eigenvalue weighted by Gasteiger charge is -2.04. The number of carbonyl (C=O) groups excluding carboxylic acids is 1. The first-order valence-corrected chi connectivity index (χ1v) is 5.95. The van der Waals surface area contributed by atoms with E-state index in [4.69, 9.17) is 0 Å². The summed E-state index contributed by atoms with van der Waals surface area (Å²) in [5, 5.41) is 9.72. The largest absolute Gasteiger partial charge is 0.372 e. The van der Waals surface area contributed by atoms with Gasteiger partial charge in [0.2, 0.25) is 0 Å². The molecule has 0 bridgehead atoms. The molecule has 0 fully saturated rings. The molecule has 0 atom stereocenters. The lowest BCUT2D eigenvalue weighted by atomic mass is 10.4. The van der Waals surface area contributed by atoms with E-state index in [0.717, 1.165) is 0 Å². The summed E-state index contributed by atoms with van der Waals surface area (Å²) < 4.78 is 1.77. The first-order valence-electron chi connectivity index (χ1n) is 5.95. The average molecular weight is 260 g/mol. The third-order valence-corrected chi connectivity index (χ3v) is 2.51. The van der Waals surface area contributed by atoms with E-state index >= 15 is 0 Å². The third-order valence-electron chi connectivity index (χ3n) is 2.51. The Bertz CT molecular complexity index is 577. The fourth-order valence-electron chi connectivity index (χ4n) is 1.48. The van der Waals surface area contributed by atoms with Crippen LogP contribution in [0.4, 0.5) is 11.5 Å². The van der Waals surface area contributed by atoms with Crippen molar-refractivity contribution in [2.75, 3.05) is 17.7 Å². The fraction of sp³-hybridized carbons (Fsp3) is 0.333. The van der Waals surface area contributed by atoms with Gasteiger partial charge >= 0.3 is 0 Å². The Kier molecular flexibility index (Phi) is 3.74. The summed E-state index contributed by atoms with van der Waals surface area (Å²) in [4.78, 5) is 20.0. The minimum absolute atomic E-state index is 0.248. The maximum atomic E-state index is 12.0. The lowest BCUT2D eigenvalue weighted by Crippen LogP contribution is -2.14. The summed E-state index contributed by atoms with van der Waals surface area (Å²) >= 11 is 0. The van der Waals surface area contributed by atoms with Gasteiger partial charge in [0.1, 0.15) is 11.5 Å². The van der Waals surface area contributed by atoms with Gasteiger partial charge < -0.3 is 10.6 Å². The van der Waals surface area contributed by atoms with Crippen molar-refractivity contribution in [2.24, 2.45) is 0 Å². The molecule has 2 N–H and O–H groups in total. The number of carbonyl (C=O) groups is 1. The summed E-state index contributed by atoms with van der Waals surface area (Å²) in [7, 11) is 1.72. The van der Waals surface area contributed by atoms with Crippen molar-refractivity contribution in [1.82, 2.24) is 19.7 Å². The zero-order chi connectivity index (χ0) is 13.8. The Balaban J connectivity index is 2.11. The first-order chi connectivity index (χ1) is 9.10. The molecule has 0 radical (unpaired) electrons. The van der Waals surface area contributed by atoms with Gasteiger partial charge in [0.15, 0.2) is 0 Å². The maximum absolute atomic E-state index is 12.0. The van der Waals surface area contributed by atoms with E-state index < -0.39 is 0 Å². The molecule has 7 nitrogen and oxygen atoms in total. The summed E-state index contributed by atoms with van der Waals surface area (Å²) in [5.41, 5.74) is 0.888. The average Bonchev–Trinajstić information content (AvgIpc) is 2.87. The maximum Gasteiger partial charge on any atom is 0.276 e. The summed E-state index contributed by atoms with van der Waals surface area (Å²) in [5.74, 6) is 0.235. The summed E-state index contributed by atoms with van der Waals surface area (Å²) in [6, 6.07) is 0.248. The van der Waals surface area contributed by atoms with E-state index in [0.29, 0.717) is 11.5 Å². The predicted molar refractivity (Wildman–Crippen MR) is 72.1 cm³/mol. The highest BCUT2D eigenvalue weighted by atomic mass is 16.1. The number of hydrogen-bond acceptors (Lipinski definition) is 5. The van der Waals surface area contributed by atoms with Crippen LogP contribution in [-0.4, -0.2) is 32.7 Å². The monoisotopic (exact) mass is 260 g/mol. The number of nitrogens with zero attached hydrogens (tertiary/aromatic N) is 4. The molecule has 0 aliphatic carbocycles. The van der Waals surface area contributed by atoms with Crippen LogP contribution in [0.2, 0.25) is 0 Å². The molecule has 0 aromatic carbocycles.